The van der Waals surface area contributed by atoms with E-state index < -0.39 is 12.7 Å². The van der Waals surface area contributed by atoms with E-state index in [4.69, 9.17) is 0 Å². The summed E-state index contributed by atoms with van der Waals surface area (Å²) in [7, 11) is 0. The van der Waals surface area contributed by atoms with Gasteiger partial charge in [0.05, 0.1) is 18.3 Å². The molecule has 0 radical (unpaired) electrons. The molecule has 2 aliphatic carbocycles. The van der Waals surface area contributed by atoms with Crippen LogP contribution in [0.2, 0.25) is 0 Å². The largest absolute Gasteiger partial charge is 0.401 e. The summed E-state index contributed by atoms with van der Waals surface area (Å²) >= 11 is 0. The number of halogens is 3. The van der Waals surface area contributed by atoms with Crippen LogP contribution in [0.5, 0.6) is 0 Å². The van der Waals surface area contributed by atoms with Crippen molar-refractivity contribution in [3.63, 3.8) is 0 Å². The van der Waals surface area contributed by atoms with Crippen LogP contribution in [0.15, 0.2) is 18.5 Å². The predicted octanol–water partition coefficient (Wildman–Crippen LogP) is 4.15. The average molecular weight is 406 g/mol. The van der Waals surface area contributed by atoms with Crippen molar-refractivity contribution in [3.05, 3.63) is 24.3 Å². The Balaban J connectivity index is 1.47. The second-order valence-corrected chi connectivity index (χ2v) is 8.61. The van der Waals surface area contributed by atoms with Crippen LogP contribution in [-0.2, 0) is 0 Å². The van der Waals surface area contributed by atoms with Gasteiger partial charge >= 0.3 is 6.18 Å². The molecule has 0 unspecified atom stereocenters. The summed E-state index contributed by atoms with van der Waals surface area (Å²) in [5, 5.41) is 8.76. The molecule has 2 fully saturated rings. The average Bonchev–Trinajstić information content (AvgIpc) is 3.10. The quantitative estimate of drug-likeness (QED) is 0.668. The highest BCUT2D eigenvalue weighted by molar-refractivity contribution is 5.74. The number of nitrogens with zero attached hydrogens (tertiary/aromatic N) is 5. The number of hydrogen-bond donors (Lipinski definition) is 1. The highest BCUT2D eigenvalue weighted by Gasteiger charge is 2.43. The van der Waals surface area contributed by atoms with E-state index in [0.29, 0.717) is 30.4 Å². The van der Waals surface area contributed by atoms with Gasteiger partial charge in [0.15, 0.2) is 11.3 Å². The minimum atomic E-state index is -4.17. The maximum absolute atomic E-state index is 13.2. The number of aromatic amines is 1. The first kappa shape index (κ1) is 18.8. The topological polar surface area (TPSA) is 62.1 Å². The van der Waals surface area contributed by atoms with Gasteiger partial charge in [0.2, 0.25) is 0 Å². The molecule has 3 atom stereocenters. The molecule has 0 amide bonds. The van der Waals surface area contributed by atoms with Crippen molar-refractivity contribution in [2.75, 3.05) is 13.1 Å². The molecule has 0 saturated heterocycles. The fourth-order valence-electron chi connectivity index (χ4n) is 5.00. The van der Waals surface area contributed by atoms with Crippen LogP contribution in [0, 0.1) is 11.8 Å². The molecule has 0 spiro atoms. The van der Waals surface area contributed by atoms with Crippen LogP contribution < -0.4 is 0 Å². The second-order valence-electron chi connectivity index (χ2n) is 8.61. The van der Waals surface area contributed by atoms with Crippen molar-refractivity contribution in [1.29, 1.82) is 0 Å². The van der Waals surface area contributed by atoms with E-state index in [-0.39, 0.29) is 12.0 Å². The summed E-state index contributed by atoms with van der Waals surface area (Å²) in [6.45, 7) is 1.86. The van der Waals surface area contributed by atoms with Gasteiger partial charge in [0, 0.05) is 24.7 Å². The molecular formula is C20H25F3N6. The first-order valence-corrected chi connectivity index (χ1v) is 10.4. The molecule has 0 aromatic carbocycles. The Labute approximate surface area is 166 Å². The van der Waals surface area contributed by atoms with Gasteiger partial charge in [-0.1, -0.05) is 13.3 Å². The Morgan fingerprint density at radius 1 is 1.24 bits per heavy atom. The zero-order valence-electron chi connectivity index (χ0n) is 16.4. The lowest BCUT2D eigenvalue weighted by Crippen LogP contribution is -2.42. The van der Waals surface area contributed by atoms with Gasteiger partial charge in [-0.3, -0.25) is 9.30 Å². The van der Waals surface area contributed by atoms with Gasteiger partial charge < -0.3 is 4.98 Å². The van der Waals surface area contributed by atoms with Gasteiger partial charge in [0.25, 0.3) is 0 Å². The monoisotopic (exact) mass is 406 g/mol. The lowest BCUT2D eigenvalue weighted by Gasteiger charge is -2.30. The minimum absolute atomic E-state index is 0.0666. The minimum Gasteiger partial charge on any atom is -0.345 e. The molecule has 0 aliphatic heterocycles. The van der Waals surface area contributed by atoms with E-state index in [1.165, 1.54) is 0 Å². The maximum atomic E-state index is 13.2. The third-order valence-corrected chi connectivity index (χ3v) is 6.58. The molecule has 2 saturated carbocycles. The van der Waals surface area contributed by atoms with Crippen molar-refractivity contribution in [2.45, 2.75) is 57.2 Å². The van der Waals surface area contributed by atoms with Crippen molar-refractivity contribution < 1.29 is 13.2 Å². The summed E-state index contributed by atoms with van der Waals surface area (Å²) in [4.78, 5) is 9.16. The Morgan fingerprint density at radius 2 is 2.07 bits per heavy atom. The third kappa shape index (κ3) is 3.60. The summed E-state index contributed by atoms with van der Waals surface area (Å²) in [6, 6.07) is 1.88. The fourth-order valence-corrected chi connectivity index (χ4v) is 5.00. The molecule has 3 aromatic rings. The third-order valence-electron chi connectivity index (χ3n) is 6.58. The zero-order valence-corrected chi connectivity index (χ0v) is 16.4. The van der Waals surface area contributed by atoms with E-state index in [0.717, 1.165) is 42.7 Å². The second kappa shape index (κ2) is 6.97. The van der Waals surface area contributed by atoms with Gasteiger partial charge in [-0.25, -0.2) is 4.98 Å². The van der Waals surface area contributed by atoms with Crippen LogP contribution in [0.1, 0.15) is 50.8 Å². The van der Waals surface area contributed by atoms with Crippen molar-refractivity contribution in [3.8, 4) is 0 Å². The van der Waals surface area contributed by atoms with Crippen LogP contribution in [-0.4, -0.2) is 54.8 Å². The standard InChI is InChI=1S/C20H25F3N6/c1-2-13-7-14(28(10-12-3-4-12)11-20(21,22)23)8-15(13)19-27-26-17-9-25-18-16(29(17)19)5-6-24-18/h5-6,9,12-15,24H,2-4,7-8,10-11H2,1H3/t13-,14+,15+/m1/s1. The van der Waals surface area contributed by atoms with Crippen LogP contribution in [0.3, 0.4) is 0 Å². The number of fused-ring (bicyclic) bond motifs is 3. The van der Waals surface area contributed by atoms with Gasteiger partial charge in [-0.05, 0) is 43.6 Å². The molecule has 3 heterocycles. The Morgan fingerprint density at radius 3 is 2.79 bits per heavy atom. The lowest BCUT2D eigenvalue weighted by atomic mass is 9.93. The van der Waals surface area contributed by atoms with E-state index in [1.807, 2.05) is 16.7 Å². The van der Waals surface area contributed by atoms with Crippen molar-refractivity contribution in [2.24, 2.45) is 11.8 Å². The summed E-state index contributed by atoms with van der Waals surface area (Å²) in [5.74, 6) is 1.66. The fraction of sp³-hybridized carbons (Fsp3) is 0.650. The summed E-state index contributed by atoms with van der Waals surface area (Å²) in [5.41, 5.74) is 2.34. The van der Waals surface area contributed by atoms with Crippen molar-refractivity contribution >= 4 is 16.8 Å². The Hall–Kier alpha value is -2.16. The first-order valence-electron chi connectivity index (χ1n) is 10.4. The summed E-state index contributed by atoms with van der Waals surface area (Å²) in [6.07, 6.45) is 3.84. The Kier molecular flexibility index (Phi) is 4.53. The molecular weight excluding hydrogens is 381 g/mol. The number of rotatable bonds is 6. The number of aromatic nitrogens is 5. The summed E-state index contributed by atoms with van der Waals surface area (Å²) < 4.78 is 41.8. The molecule has 6 nitrogen and oxygen atoms in total. The molecule has 29 heavy (non-hydrogen) atoms. The molecule has 2 aliphatic rings. The van der Waals surface area contributed by atoms with Gasteiger partial charge in [-0.2, -0.15) is 13.2 Å². The first-order chi connectivity index (χ1) is 13.9. The predicted molar refractivity (Wildman–Crippen MR) is 103 cm³/mol. The van der Waals surface area contributed by atoms with Crippen LogP contribution in [0.4, 0.5) is 13.2 Å². The highest BCUT2D eigenvalue weighted by Crippen LogP contribution is 2.45. The molecule has 9 heteroatoms. The molecule has 3 aromatic heterocycles. The number of nitrogens with one attached hydrogen (secondary N) is 1. The van der Waals surface area contributed by atoms with Gasteiger partial charge in [0.1, 0.15) is 5.82 Å². The van der Waals surface area contributed by atoms with Crippen LogP contribution >= 0.6 is 0 Å². The number of alkyl halides is 3. The normalized spacial score (nSPS) is 25.6. The number of hydrogen-bond acceptors (Lipinski definition) is 4. The number of H-pyrrole nitrogens is 1. The molecule has 5 rings (SSSR count). The van der Waals surface area contributed by atoms with E-state index in [9.17, 15) is 13.2 Å². The van der Waals surface area contributed by atoms with Crippen molar-refractivity contribution in [1.82, 2.24) is 29.5 Å². The zero-order chi connectivity index (χ0) is 20.2. The highest BCUT2D eigenvalue weighted by atomic mass is 19.4. The van der Waals surface area contributed by atoms with Gasteiger partial charge in [-0.15, -0.1) is 10.2 Å². The van der Waals surface area contributed by atoms with E-state index in [1.54, 1.807) is 11.1 Å². The molecule has 156 valence electrons. The van der Waals surface area contributed by atoms with E-state index in [2.05, 4.69) is 27.1 Å². The molecule has 1 N–H and O–H groups in total. The molecule has 0 bridgehead atoms. The maximum Gasteiger partial charge on any atom is 0.401 e. The van der Waals surface area contributed by atoms with E-state index >= 15 is 0 Å². The Bertz CT molecular complexity index is 1000. The smallest absolute Gasteiger partial charge is 0.345 e. The van der Waals surface area contributed by atoms with Crippen LogP contribution in [0.25, 0.3) is 16.8 Å². The SMILES string of the molecule is CC[C@@H]1C[C@H](N(CC2CC2)CC(F)(F)F)C[C@@H]1c1nnc2cnc3[nH]ccc3n12. The lowest BCUT2D eigenvalue weighted by molar-refractivity contribution is -0.151.